The summed E-state index contributed by atoms with van der Waals surface area (Å²) in [5, 5.41) is 7.35. The highest BCUT2D eigenvalue weighted by Gasteiger charge is 2.41. The van der Waals surface area contributed by atoms with E-state index in [-0.39, 0.29) is 19.6 Å². The van der Waals surface area contributed by atoms with Crippen molar-refractivity contribution in [3.63, 3.8) is 0 Å². The highest BCUT2D eigenvalue weighted by atomic mass is 19.1. The first-order valence-electron chi connectivity index (χ1n) is 11.2. The number of likely N-dealkylation sites (tertiary alicyclic amines) is 1. The number of nitrogens with one attached hydrogen (secondary N) is 1. The molecule has 0 bridgehead atoms. The molecule has 1 saturated heterocycles. The normalized spacial score (nSPS) is 17.9. The van der Waals surface area contributed by atoms with Crippen LogP contribution < -0.4 is 5.32 Å². The topological polar surface area (TPSA) is 103 Å². The molecule has 4 rings (SSSR count). The van der Waals surface area contributed by atoms with Crippen LogP contribution in [0, 0.1) is 0 Å². The number of carbonyl (C=O) groups excluding carboxylic acids is 3. The van der Waals surface area contributed by atoms with E-state index in [0.717, 1.165) is 15.1 Å². The lowest BCUT2D eigenvalue weighted by molar-refractivity contribution is -0.120. The third-order valence-corrected chi connectivity index (χ3v) is 5.43. The van der Waals surface area contributed by atoms with E-state index in [1.807, 2.05) is 18.2 Å². The summed E-state index contributed by atoms with van der Waals surface area (Å²) in [5.41, 5.74) is 0.894. The number of aromatic nitrogens is 2. The summed E-state index contributed by atoms with van der Waals surface area (Å²) in [6.45, 7) is 5.03. The SMILES string of the molecule is CC(C)(C)OC(=O)n1ncc2c(NC(=O)[C@H]3C[C@@H](F)CN3C(=O)OCc3ccccc3)cccc21. The zero-order valence-electron chi connectivity index (χ0n) is 19.7. The van der Waals surface area contributed by atoms with Gasteiger partial charge in [0, 0.05) is 11.8 Å². The maximum absolute atomic E-state index is 14.2. The fourth-order valence-corrected chi connectivity index (χ4v) is 3.86. The highest BCUT2D eigenvalue weighted by molar-refractivity contribution is 6.05. The molecule has 0 spiro atoms. The van der Waals surface area contributed by atoms with Gasteiger partial charge in [0.1, 0.15) is 24.4 Å². The minimum absolute atomic E-state index is 0.0185. The zero-order chi connectivity index (χ0) is 25.2. The maximum atomic E-state index is 14.2. The summed E-state index contributed by atoms with van der Waals surface area (Å²) in [6.07, 6.45) is -1.46. The Hall–Kier alpha value is -3.95. The van der Waals surface area contributed by atoms with Crippen LogP contribution in [0.3, 0.4) is 0 Å². The van der Waals surface area contributed by atoms with Gasteiger partial charge in [-0.25, -0.2) is 14.0 Å². The van der Waals surface area contributed by atoms with Crippen molar-refractivity contribution >= 4 is 34.7 Å². The van der Waals surface area contributed by atoms with Crippen LogP contribution >= 0.6 is 0 Å². The van der Waals surface area contributed by atoms with E-state index in [1.54, 1.807) is 51.1 Å². The van der Waals surface area contributed by atoms with Crippen LogP contribution in [0.15, 0.2) is 54.7 Å². The molecule has 0 unspecified atom stereocenters. The lowest BCUT2D eigenvalue weighted by atomic mass is 10.1. The summed E-state index contributed by atoms with van der Waals surface area (Å²) in [7, 11) is 0. The average Bonchev–Trinajstić information content (AvgIpc) is 3.41. The van der Waals surface area contributed by atoms with Gasteiger partial charge in [0.15, 0.2) is 0 Å². The van der Waals surface area contributed by atoms with E-state index in [0.29, 0.717) is 16.6 Å². The van der Waals surface area contributed by atoms with Crippen molar-refractivity contribution in [2.75, 3.05) is 11.9 Å². The van der Waals surface area contributed by atoms with Crippen LogP contribution in [0.5, 0.6) is 0 Å². The van der Waals surface area contributed by atoms with E-state index >= 15 is 0 Å². The number of nitrogens with zero attached hydrogens (tertiary/aromatic N) is 3. The summed E-state index contributed by atoms with van der Waals surface area (Å²) in [4.78, 5) is 39.3. The van der Waals surface area contributed by atoms with Crippen molar-refractivity contribution in [2.24, 2.45) is 0 Å². The Morgan fingerprint density at radius 2 is 1.83 bits per heavy atom. The quantitative estimate of drug-likeness (QED) is 0.587. The third-order valence-electron chi connectivity index (χ3n) is 5.43. The number of amides is 2. The third kappa shape index (κ3) is 5.59. The molecule has 1 aliphatic rings. The Kier molecular flexibility index (Phi) is 6.72. The van der Waals surface area contributed by atoms with Crippen molar-refractivity contribution < 1.29 is 28.2 Å². The molecule has 9 nitrogen and oxygen atoms in total. The fourth-order valence-electron chi connectivity index (χ4n) is 3.86. The first-order valence-corrected chi connectivity index (χ1v) is 11.2. The number of halogens is 1. The molecule has 0 radical (unpaired) electrons. The molecule has 0 saturated carbocycles. The van der Waals surface area contributed by atoms with Crippen LogP contribution in [0.4, 0.5) is 19.7 Å². The van der Waals surface area contributed by atoms with Crippen LogP contribution in [-0.2, 0) is 20.9 Å². The minimum Gasteiger partial charge on any atom is -0.445 e. The van der Waals surface area contributed by atoms with Gasteiger partial charge in [-0.1, -0.05) is 36.4 Å². The smallest absolute Gasteiger partial charge is 0.435 e. The predicted molar refractivity (Wildman–Crippen MR) is 127 cm³/mol. The van der Waals surface area contributed by atoms with E-state index in [9.17, 15) is 18.8 Å². The van der Waals surface area contributed by atoms with Crippen LogP contribution in [0.1, 0.15) is 32.8 Å². The Balaban J connectivity index is 1.48. The second-order valence-electron chi connectivity index (χ2n) is 9.31. The van der Waals surface area contributed by atoms with Gasteiger partial charge >= 0.3 is 12.2 Å². The summed E-state index contributed by atoms with van der Waals surface area (Å²) in [6, 6.07) is 13.0. The molecular weight excluding hydrogens is 455 g/mol. The standard InChI is InChI=1S/C25H27FN4O5/c1-25(2,3)35-24(33)30-20-11-7-10-19(18(20)13-27-30)28-22(31)21-12-17(26)14-29(21)23(32)34-15-16-8-5-4-6-9-16/h4-11,13,17,21H,12,14-15H2,1-3H3,(H,28,31)/t17-,21-/m1/s1. The van der Waals surface area contributed by atoms with Gasteiger partial charge in [-0.15, -0.1) is 0 Å². The second kappa shape index (κ2) is 9.73. The molecule has 3 aromatic rings. The van der Waals surface area contributed by atoms with Crippen molar-refractivity contribution in [3.05, 3.63) is 60.3 Å². The molecule has 1 fully saturated rings. The van der Waals surface area contributed by atoms with E-state index < -0.39 is 35.9 Å². The maximum Gasteiger partial charge on any atom is 0.435 e. The molecule has 10 heteroatoms. The number of benzene rings is 2. The van der Waals surface area contributed by atoms with Gasteiger partial charge in [0.2, 0.25) is 5.91 Å². The van der Waals surface area contributed by atoms with Gasteiger partial charge in [0.25, 0.3) is 0 Å². The molecule has 0 aliphatic carbocycles. The molecular formula is C25H27FN4O5. The van der Waals surface area contributed by atoms with Crippen molar-refractivity contribution in [3.8, 4) is 0 Å². The minimum atomic E-state index is -1.35. The van der Waals surface area contributed by atoms with Gasteiger partial charge in [-0.2, -0.15) is 9.78 Å². The molecule has 1 N–H and O–H groups in total. The number of hydrogen-bond acceptors (Lipinski definition) is 6. The van der Waals surface area contributed by atoms with Crippen LogP contribution in [0.2, 0.25) is 0 Å². The number of alkyl halides is 1. The first kappa shape index (κ1) is 24.2. The van der Waals surface area contributed by atoms with Gasteiger partial charge in [0.05, 0.1) is 23.9 Å². The summed E-state index contributed by atoms with van der Waals surface area (Å²) in [5.74, 6) is -0.556. The molecule has 1 aromatic heterocycles. The molecule has 2 heterocycles. The highest BCUT2D eigenvalue weighted by Crippen LogP contribution is 2.27. The summed E-state index contributed by atoms with van der Waals surface area (Å²) < 4.78 is 26.0. The average molecular weight is 483 g/mol. The molecule has 2 amide bonds. The monoisotopic (exact) mass is 482 g/mol. The second-order valence-corrected chi connectivity index (χ2v) is 9.31. The van der Waals surface area contributed by atoms with Crippen LogP contribution in [0.25, 0.3) is 10.9 Å². The van der Waals surface area contributed by atoms with E-state index in [4.69, 9.17) is 9.47 Å². The number of carbonyl (C=O) groups is 3. The Morgan fingerprint density at radius 1 is 1.09 bits per heavy atom. The number of fused-ring (bicyclic) bond motifs is 1. The number of anilines is 1. The molecule has 1 aliphatic heterocycles. The lowest BCUT2D eigenvalue weighted by Gasteiger charge is -2.23. The Morgan fingerprint density at radius 3 is 2.54 bits per heavy atom. The molecule has 35 heavy (non-hydrogen) atoms. The number of ether oxygens (including phenoxy) is 2. The largest absolute Gasteiger partial charge is 0.445 e. The predicted octanol–water partition coefficient (Wildman–Crippen LogP) is 4.51. The van der Waals surface area contributed by atoms with Crippen molar-refractivity contribution in [2.45, 2.75) is 51.6 Å². The molecule has 184 valence electrons. The Labute approximate surface area is 201 Å². The lowest BCUT2D eigenvalue weighted by Crippen LogP contribution is -2.43. The zero-order valence-corrected chi connectivity index (χ0v) is 19.7. The fraction of sp³-hybridized carbons (Fsp3) is 0.360. The van der Waals surface area contributed by atoms with E-state index in [1.165, 1.54) is 6.20 Å². The van der Waals surface area contributed by atoms with Crippen molar-refractivity contribution in [1.29, 1.82) is 0 Å². The van der Waals surface area contributed by atoms with E-state index in [2.05, 4.69) is 10.4 Å². The number of hydrogen-bond donors (Lipinski definition) is 1. The molecule has 2 aromatic carbocycles. The van der Waals surface area contributed by atoms with Crippen LogP contribution in [-0.4, -0.2) is 57.1 Å². The first-order chi connectivity index (χ1) is 16.6. The van der Waals surface area contributed by atoms with Gasteiger partial charge in [-0.05, 0) is 38.5 Å². The van der Waals surface area contributed by atoms with Crippen molar-refractivity contribution in [1.82, 2.24) is 14.7 Å². The summed E-state index contributed by atoms with van der Waals surface area (Å²) >= 11 is 0. The Bertz CT molecular complexity index is 1240. The van der Waals surface area contributed by atoms with Gasteiger partial charge in [-0.3, -0.25) is 9.69 Å². The molecule has 2 atom stereocenters. The van der Waals surface area contributed by atoms with Gasteiger partial charge < -0.3 is 14.8 Å². The number of rotatable bonds is 4.